The second-order valence-electron chi connectivity index (χ2n) is 6.14. The van der Waals surface area contributed by atoms with Crippen LogP contribution < -0.4 is 11.3 Å². The van der Waals surface area contributed by atoms with Gasteiger partial charge in [0.25, 0.3) is 5.56 Å². The summed E-state index contributed by atoms with van der Waals surface area (Å²) >= 11 is 0. The first-order valence-corrected chi connectivity index (χ1v) is 8.32. The highest BCUT2D eigenvalue weighted by molar-refractivity contribution is 5.84. The number of nitrogens with zero attached hydrogens (tertiary/aromatic N) is 5. The molecule has 3 heterocycles. The summed E-state index contributed by atoms with van der Waals surface area (Å²) in [5.74, 6) is 0.238. The van der Waals surface area contributed by atoms with Crippen LogP contribution in [0, 0.1) is 6.92 Å². The van der Waals surface area contributed by atoms with Crippen molar-refractivity contribution in [2.45, 2.75) is 20.0 Å². The van der Waals surface area contributed by atoms with E-state index < -0.39 is 0 Å². The van der Waals surface area contributed by atoms with E-state index in [9.17, 15) is 4.79 Å². The molecule has 4 rings (SSSR count). The summed E-state index contributed by atoms with van der Waals surface area (Å²) in [6.07, 6.45) is 7.12. The molecular formula is C19H18N6O. The van der Waals surface area contributed by atoms with Crippen molar-refractivity contribution in [3.05, 3.63) is 71.0 Å². The fourth-order valence-corrected chi connectivity index (χ4v) is 3.04. The number of aryl methyl sites for hydroxylation is 3. The van der Waals surface area contributed by atoms with Gasteiger partial charge in [-0.15, -0.1) is 0 Å². The summed E-state index contributed by atoms with van der Waals surface area (Å²) in [6.45, 7) is 3.14. The third-order valence-corrected chi connectivity index (χ3v) is 4.39. The van der Waals surface area contributed by atoms with Crippen LogP contribution in [0.25, 0.3) is 22.0 Å². The topological polar surface area (TPSA) is 91.6 Å². The maximum Gasteiger partial charge on any atom is 0.258 e. The Morgan fingerprint density at radius 3 is 2.85 bits per heavy atom. The van der Waals surface area contributed by atoms with Gasteiger partial charge in [0.1, 0.15) is 0 Å². The van der Waals surface area contributed by atoms with Crippen LogP contribution >= 0.6 is 0 Å². The Hall–Kier alpha value is -3.48. The summed E-state index contributed by atoms with van der Waals surface area (Å²) < 4.78 is 3.53. The van der Waals surface area contributed by atoms with E-state index >= 15 is 0 Å². The number of hydrogen-bond acceptors (Lipinski definition) is 5. The number of pyridine rings is 1. The molecule has 1 aromatic carbocycles. The molecule has 0 radical (unpaired) electrons. The number of hydrogen-bond donors (Lipinski definition) is 1. The largest absolute Gasteiger partial charge is 0.368 e. The number of fused-ring (bicyclic) bond motifs is 1. The number of anilines is 1. The van der Waals surface area contributed by atoms with E-state index in [1.807, 2.05) is 54.3 Å². The van der Waals surface area contributed by atoms with Crippen molar-refractivity contribution in [3.63, 3.8) is 0 Å². The van der Waals surface area contributed by atoms with Crippen molar-refractivity contribution in [3.8, 4) is 11.1 Å². The smallest absolute Gasteiger partial charge is 0.258 e. The fraction of sp³-hybridized carbons (Fsp3) is 0.158. The van der Waals surface area contributed by atoms with Crippen LogP contribution in [0.2, 0.25) is 0 Å². The molecule has 0 saturated carbocycles. The van der Waals surface area contributed by atoms with E-state index in [0.29, 0.717) is 18.7 Å². The van der Waals surface area contributed by atoms with Crippen LogP contribution in [0.5, 0.6) is 0 Å². The summed E-state index contributed by atoms with van der Waals surface area (Å²) in [5.41, 5.74) is 8.84. The Labute approximate surface area is 149 Å². The first-order chi connectivity index (χ1) is 12.6. The molecule has 0 saturated heterocycles. The molecule has 0 unspecified atom stereocenters. The van der Waals surface area contributed by atoms with Gasteiger partial charge in [0.15, 0.2) is 0 Å². The van der Waals surface area contributed by atoms with Gasteiger partial charge in [-0.25, -0.2) is 9.97 Å². The van der Waals surface area contributed by atoms with Crippen molar-refractivity contribution in [2.24, 2.45) is 0 Å². The van der Waals surface area contributed by atoms with Crippen LogP contribution in [-0.4, -0.2) is 24.3 Å². The SMILES string of the molecule is Cc1ccn(CCn2cccn2)c(=O)c1-c1ccc2nc(N)ncc2c1. The van der Waals surface area contributed by atoms with E-state index in [2.05, 4.69) is 15.1 Å². The number of nitrogen functional groups attached to an aromatic ring is 1. The van der Waals surface area contributed by atoms with Crippen molar-refractivity contribution in [2.75, 3.05) is 5.73 Å². The lowest BCUT2D eigenvalue weighted by atomic mass is 10.0. The first kappa shape index (κ1) is 16.0. The lowest BCUT2D eigenvalue weighted by Gasteiger charge is -2.12. The minimum Gasteiger partial charge on any atom is -0.368 e. The average molecular weight is 346 g/mol. The summed E-state index contributed by atoms with van der Waals surface area (Å²) in [7, 11) is 0. The van der Waals surface area contributed by atoms with Crippen molar-refractivity contribution < 1.29 is 0 Å². The molecule has 0 fully saturated rings. The van der Waals surface area contributed by atoms with Crippen molar-refractivity contribution >= 4 is 16.9 Å². The molecule has 2 N–H and O–H groups in total. The van der Waals surface area contributed by atoms with Gasteiger partial charge in [0.05, 0.1) is 17.6 Å². The van der Waals surface area contributed by atoms with E-state index in [1.165, 1.54) is 0 Å². The summed E-state index contributed by atoms with van der Waals surface area (Å²) in [6, 6.07) is 9.52. The molecule has 0 bridgehead atoms. The van der Waals surface area contributed by atoms with Gasteiger partial charge in [-0.3, -0.25) is 9.48 Å². The minimum absolute atomic E-state index is 0.0205. The molecule has 0 aliphatic rings. The lowest BCUT2D eigenvalue weighted by Crippen LogP contribution is -2.24. The Kier molecular flexibility index (Phi) is 3.96. The van der Waals surface area contributed by atoms with Crippen molar-refractivity contribution in [1.29, 1.82) is 0 Å². The highest BCUT2D eigenvalue weighted by Crippen LogP contribution is 2.23. The summed E-state index contributed by atoms with van der Waals surface area (Å²) in [4.78, 5) is 21.3. The molecule has 0 spiro atoms. The van der Waals surface area contributed by atoms with E-state index in [1.54, 1.807) is 17.0 Å². The highest BCUT2D eigenvalue weighted by Gasteiger charge is 2.11. The van der Waals surface area contributed by atoms with Crippen LogP contribution in [0.15, 0.2) is 59.9 Å². The van der Waals surface area contributed by atoms with Crippen molar-refractivity contribution in [1.82, 2.24) is 24.3 Å². The van der Waals surface area contributed by atoms with Crippen LogP contribution in [0.1, 0.15) is 5.56 Å². The molecule has 0 aliphatic heterocycles. The van der Waals surface area contributed by atoms with Gasteiger partial charge in [-0.1, -0.05) is 6.07 Å². The third-order valence-electron chi connectivity index (χ3n) is 4.39. The fourth-order valence-electron chi connectivity index (χ4n) is 3.04. The normalized spacial score (nSPS) is 11.1. The second-order valence-corrected chi connectivity index (χ2v) is 6.14. The Morgan fingerprint density at radius 2 is 2.04 bits per heavy atom. The van der Waals surface area contributed by atoms with Gasteiger partial charge in [0, 0.05) is 36.7 Å². The standard InChI is InChI=1S/C19H18N6O/c1-13-5-8-24(9-10-25-7-2-6-22-25)18(26)17(13)14-3-4-16-15(11-14)12-21-19(20)23-16/h2-8,11-12H,9-10H2,1H3,(H2,20,21,23). The number of benzene rings is 1. The van der Waals surface area contributed by atoms with Gasteiger partial charge in [0.2, 0.25) is 5.95 Å². The first-order valence-electron chi connectivity index (χ1n) is 8.32. The molecule has 0 aliphatic carbocycles. The third kappa shape index (κ3) is 2.95. The zero-order valence-corrected chi connectivity index (χ0v) is 14.3. The molecule has 3 aromatic heterocycles. The molecule has 0 atom stereocenters. The molecule has 0 amide bonds. The van der Waals surface area contributed by atoms with Crippen LogP contribution in [-0.2, 0) is 13.1 Å². The molecule has 7 heteroatoms. The van der Waals surface area contributed by atoms with Gasteiger partial charge in [-0.05, 0) is 42.3 Å². The Morgan fingerprint density at radius 1 is 1.15 bits per heavy atom. The average Bonchev–Trinajstić information content (AvgIpc) is 3.15. The number of rotatable bonds is 4. The second kappa shape index (κ2) is 6.44. The maximum absolute atomic E-state index is 13.0. The lowest BCUT2D eigenvalue weighted by molar-refractivity contribution is 0.524. The van der Waals surface area contributed by atoms with Crippen LogP contribution in [0.3, 0.4) is 0 Å². The summed E-state index contributed by atoms with van der Waals surface area (Å²) in [5, 5.41) is 5.03. The molecule has 26 heavy (non-hydrogen) atoms. The highest BCUT2D eigenvalue weighted by atomic mass is 16.1. The van der Waals surface area contributed by atoms with E-state index in [0.717, 1.165) is 22.0 Å². The molecular weight excluding hydrogens is 328 g/mol. The predicted molar refractivity (Wildman–Crippen MR) is 101 cm³/mol. The maximum atomic E-state index is 13.0. The van der Waals surface area contributed by atoms with E-state index in [-0.39, 0.29) is 11.5 Å². The van der Waals surface area contributed by atoms with E-state index in [4.69, 9.17) is 5.73 Å². The number of aromatic nitrogens is 5. The molecule has 4 aromatic rings. The van der Waals surface area contributed by atoms with Gasteiger partial charge in [-0.2, -0.15) is 5.10 Å². The number of nitrogens with two attached hydrogens (primary N) is 1. The molecule has 7 nitrogen and oxygen atoms in total. The monoisotopic (exact) mass is 346 g/mol. The zero-order chi connectivity index (χ0) is 18.1. The quantitative estimate of drug-likeness (QED) is 0.612. The Bertz CT molecular complexity index is 1130. The Balaban J connectivity index is 1.74. The predicted octanol–water partition coefficient (Wildman–Crippen LogP) is 2.25. The van der Waals surface area contributed by atoms with Gasteiger partial charge < -0.3 is 10.3 Å². The minimum atomic E-state index is -0.0205. The van der Waals surface area contributed by atoms with Gasteiger partial charge >= 0.3 is 0 Å². The zero-order valence-electron chi connectivity index (χ0n) is 14.3. The molecule has 130 valence electrons. The van der Waals surface area contributed by atoms with Crippen LogP contribution in [0.4, 0.5) is 5.95 Å².